The van der Waals surface area contributed by atoms with Gasteiger partial charge in [-0.15, -0.1) is 0 Å². The van der Waals surface area contributed by atoms with Gasteiger partial charge in [-0.2, -0.15) is 35.1 Å². The van der Waals surface area contributed by atoms with Gasteiger partial charge >= 0.3 is 18.3 Å². The van der Waals surface area contributed by atoms with Gasteiger partial charge < -0.3 is 5.73 Å². The SMILES string of the molecule is N[C@@H](c1ccc(C(F)(F)F)cc1F)C(F)(F)C(F)(F)F. The predicted octanol–water partition coefficient (Wildman–Crippen LogP) is 4.04. The largest absolute Gasteiger partial charge is 0.455 e. The molecule has 0 aliphatic rings. The van der Waals surface area contributed by atoms with Crippen LogP contribution in [0.1, 0.15) is 17.2 Å². The van der Waals surface area contributed by atoms with E-state index in [0.717, 1.165) is 0 Å². The molecule has 0 unspecified atom stereocenters. The zero-order chi connectivity index (χ0) is 15.9. The molecule has 0 heterocycles. The van der Waals surface area contributed by atoms with Crippen LogP contribution in [0.25, 0.3) is 0 Å². The molecule has 0 spiro atoms. The monoisotopic (exact) mass is 311 g/mol. The summed E-state index contributed by atoms with van der Waals surface area (Å²) in [7, 11) is 0. The number of hydrogen-bond acceptors (Lipinski definition) is 1. The van der Waals surface area contributed by atoms with Gasteiger partial charge in [-0.25, -0.2) is 4.39 Å². The molecule has 114 valence electrons. The lowest BCUT2D eigenvalue weighted by molar-refractivity contribution is -0.291. The molecule has 0 aliphatic heterocycles. The van der Waals surface area contributed by atoms with Crippen LogP contribution in [0.4, 0.5) is 39.5 Å². The lowest BCUT2D eigenvalue weighted by Crippen LogP contribution is -2.46. The number of hydrogen-bond donors (Lipinski definition) is 1. The van der Waals surface area contributed by atoms with Gasteiger partial charge in [-0.05, 0) is 12.1 Å². The maximum atomic E-state index is 13.3. The van der Waals surface area contributed by atoms with Crippen molar-refractivity contribution in [3.8, 4) is 0 Å². The van der Waals surface area contributed by atoms with Crippen LogP contribution < -0.4 is 5.73 Å². The molecule has 0 aromatic heterocycles. The second kappa shape index (κ2) is 4.83. The Labute approximate surface area is 106 Å². The van der Waals surface area contributed by atoms with Crippen molar-refractivity contribution in [2.45, 2.75) is 24.3 Å². The minimum atomic E-state index is -6.05. The van der Waals surface area contributed by atoms with Crippen LogP contribution in [0.5, 0.6) is 0 Å². The highest BCUT2D eigenvalue weighted by atomic mass is 19.4. The quantitative estimate of drug-likeness (QED) is 0.820. The molecule has 1 atom stereocenters. The fourth-order valence-corrected chi connectivity index (χ4v) is 1.33. The van der Waals surface area contributed by atoms with Gasteiger partial charge in [-0.3, -0.25) is 0 Å². The van der Waals surface area contributed by atoms with Crippen LogP contribution in [0.3, 0.4) is 0 Å². The number of halogens is 9. The molecule has 0 fully saturated rings. The standard InChI is InChI=1S/C10H6F9N/c11-6-3-4(9(14,15)16)1-2-5(6)7(20)8(12,13)10(17,18)19/h1-3,7H,20H2/t7-/m0/s1. The summed E-state index contributed by atoms with van der Waals surface area (Å²) in [6.45, 7) is 0. The Hall–Kier alpha value is -1.45. The molecule has 0 saturated heterocycles. The van der Waals surface area contributed by atoms with Gasteiger partial charge in [0.15, 0.2) is 0 Å². The zero-order valence-electron chi connectivity index (χ0n) is 9.29. The molecule has 2 N–H and O–H groups in total. The third kappa shape index (κ3) is 3.00. The lowest BCUT2D eigenvalue weighted by atomic mass is 9.99. The van der Waals surface area contributed by atoms with E-state index < -0.39 is 41.3 Å². The van der Waals surface area contributed by atoms with Crippen LogP contribution >= 0.6 is 0 Å². The second-order valence-corrected chi connectivity index (χ2v) is 3.83. The molecule has 0 radical (unpaired) electrons. The Morgan fingerprint density at radius 1 is 0.900 bits per heavy atom. The van der Waals surface area contributed by atoms with Gasteiger partial charge in [0.05, 0.1) is 5.56 Å². The summed E-state index contributed by atoms with van der Waals surface area (Å²) in [6, 6.07) is -3.01. The first-order valence-electron chi connectivity index (χ1n) is 4.85. The first-order valence-corrected chi connectivity index (χ1v) is 4.85. The van der Waals surface area contributed by atoms with Crippen molar-refractivity contribution >= 4 is 0 Å². The lowest BCUT2D eigenvalue weighted by Gasteiger charge is -2.26. The van der Waals surface area contributed by atoms with Crippen molar-refractivity contribution in [1.29, 1.82) is 0 Å². The molecule has 0 amide bonds. The van der Waals surface area contributed by atoms with Crippen molar-refractivity contribution in [3.05, 3.63) is 35.1 Å². The minimum absolute atomic E-state index is 0.155. The summed E-state index contributed by atoms with van der Waals surface area (Å²) in [5.41, 5.74) is 1.74. The average molecular weight is 311 g/mol. The van der Waals surface area contributed by atoms with Crippen molar-refractivity contribution in [1.82, 2.24) is 0 Å². The topological polar surface area (TPSA) is 26.0 Å². The van der Waals surface area contributed by atoms with E-state index in [0.29, 0.717) is 0 Å². The van der Waals surface area contributed by atoms with Gasteiger partial charge in [-0.1, -0.05) is 6.07 Å². The third-order valence-electron chi connectivity index (χ3n) is 2.43. The molecule has 1 aromatic rings. The predicted molar refractivity (Wildman–Crippen MR) is 49.3 cm³/mol. The van der Waals surface area contributed by atoms with E-state index in [-0.39, 0.29) is 18.2 Å². The van der Waals surface area contributed by atoms with Crippen LogP contribution in [-0.4, -0.2) is 12.1 Å². The van der Waals surface area contributed by atoms with E-state index in [2.05, 4.69) is 5.73 Å². The van der Waals surface area contributed by atoms with Gasteiger partial charge in [0, 0.05) is 5.56 Å². The number of benzene rings is 1. The number of nitrogens with two attached hydrogens (primary N) is 1. The highest BCUT2D eigenvalue weighted by Gasteiger charge is 2.62. The van der Waals surface area contributed by atoms with Crippen LogP contribution in [-0.2, 0) is 6.18 Å². The summed E-state index contributed by atoms with van der Waals surface area (Å²) in [5, 5.41) is 0. The fourth-order valence-electron chi connectivity index (χ4n) is 1.33. The Morgan fingerprint density at radius 3 is 1.75 bits per heavy atom. The third-order valence-corrected chi connectivity index (χ3v) is 2.43. The molecule has 10 heteroatoms. The minimum Gasteiger partial charge on any atom is -0.319 e. The fraction of sp³-hybridized carbons (Fsp3) is 0.400. The summed E-state index contributed by atoms with van der Waals surface area (Å²) >= 11 is 0. The average Bonchev–Trinajstić information content (AvgIpc) is 2.25. The molecule has 1 nitrogen and oxygen atoms in total. The summed E-state index contributed by atoms with van der Waals surface area (Å²) in [4.78, 5) is 0. The normalized spacial score (nSPS) is 15.3. The van der Waals surface area contributed by atoms with Crippen LogP contribution in [0.2, 0.25) is 0 Å². The van der Waals surface area contributed by atoms with E-state index in [1.165, 1.54) is 0 Å². The number of rotatable bonds is 2. The summed E-state index contributed by atoms with van der Waals surface area (Å²) in [6.07, 6.45) is -11.0. The van der Waals surface area contributed by atoms with Crippen LogP contribution in [0, 0.1) is 5.82 Å². The van der Waals surface area contributed by atoms with E-state index in [9.17, 15) is 39.5 Å². The first-order chi connectivity index (χ1) is 8.78. The molecular weight excluding hydrogens is 305 g/mol. The van der Waals surface area contributed by atoms with Crippen molar-refractivity contribution in [2.24, 2.45) is 5.73 Å². The smallest absolute Gasteiger partial charge is 0.319 e. The Bertz CT molecular complexity index is 488. The highest BCUT2D eigenvalue weighted by molar-refractivity contribution is 5.30. The Kier molecular flexibility index (Phi) is 4.01. The maximum Gasteiger partial charge on any atom is 0.455 e. The molecule has 0 aliphatic carbocycles. The molecule has 1 rings (SSSR count). The zero-order valence-corrected chi connectivity index (χ0v) is 9.29. The van der Waals surface area contributed by atoms with Crippen molar-refractivity contribution < 1.29 is 39.5 Å². The highest BCUT2D eigenvalue weighted by Crippen LogP contribution is 2.44. The van der Waals surface area contributed by atoms with E-state index in [1.54, 1.807) is 0 Å². The Morgan fingerprint density at radius 2 is 1.40 bits per heavy atom. The second-order valence-electron chi connectivity index (χ2n) is 3.83. The van der Waals surface area contributed by atoms with Gasteiger partial charge in [0.2, 0.25) is 0 Å². The Balaban J connectivity index is 3.23. The van der Waals surface area contributed by atoms with Crippen molar-refractivity contribution in [2.75, 3.05) is 0 Å². The summed E-state index contributed by atoms with van der Waals surface area (Å²) in [5.74, 6) is -7.37. The summed E-state index contributed by atoms with van der Waals surface area (Å²) < 4.78 is 112. The molecule has 0 saturated carbocycles. The molecule has 0 bridgehead atoms. The van der Waals surface area contributed by atoms with Crippen LogP contribution in [0.15, 0.2) is 18.2 Å². The molecule has 1 aromatic carbocycles. The first kappa shape index (κ1) is 16.6. The van der Waals surface area contributed by atoms with Gasteiger partial charge in [0.1, 0.15) is 11.9 Å². The molecular formula is C10H6F9N. The van der Waals surface area contributed by atoms with E-state index in [4.69, 9.17) is 0 Å². The van der Waals surface area contributed by atoms with Crippen molar-refractivity contribution in [3.63, 3.8) is 0 Å². The van der Waals surface area contributed by atoms with E-state index in [1.807, 2.05) is 0 Å². The van der Waals surface area contributed by atoms with Gasteiger partial charge in [0.25, 0.3) is 0 Å². The molecule has 20 heavy (non-hydrogen) atoms. The maximum absolute atomic E-state index is 13.3. The number of alkyl halides is 8. The van der Waals surface area contributed by atoms with E-state index >= 15 is 0 Å².